The zero-order valence-electron chi connectivity index (χ0n) is 13.4. The van der Waals surface area contributed by atoms with Crippen LogP contribution in [0.3, 0.4) is 0 Å². The molecule has 0 radical (unpaired) electrons. The van der Waals surface area contributed by atoms with Crippen molar-refractivity contribution in [2.75, 3.05) is 11.9 Å². The molecule has 5 nitrogen and oxygen atoms in total. The summed E-state index contributed by atoms with van der Waals surface area (Å²) in [6, 6.07) is 16.3. The molecule has 0 atom stereocenters. The Labute approximate surface area is 139 Å². The number of hydrogen-bond acceptors (Lipinski definition) is 4. The van der Waals surface area contributed by atoms with Gasteiger partial charge in [0.25, 0.3) is 0 Å². The van der Waals surface area contributed by atoms with Gasteiger partial charge in [-0.15, -0.1) is 0 Å². The molecule has 2 heterocycles. The lowest BCUT2D eigenvalue weighted by Crippen LogP contribution is -2.02. The molecule has 5 heteroatoms. The molecule has 2 N–H and O–H groups in total. The molecule has 0 fully saturated rings. The van der Waals surface area contributed by atoms with E-state index in [1.54, 1.807) is 6.33 Å². The topological polar surface area (TPSA) is 62.8 Å². The summed E-state index contributed by atoms with van der Waals surface area (Å²) in [6.45, 7) is 3.34. The summed E-state index contributed by atoms with van der Waals surface area (Å²) >= 11 is 0. The maximum absolute atomic E-state index is 5.59. The van der Waals surface area contributed by atoms with E-state index in [0.717, 1.165) is 33.5 Å². The second kappa shape index (κ2) is 6.20. The van der Waals surface area contributed by atoms with Crippen LogP contribution in [-0.2, 0) is 6.54 Å². The molecular formula is C19H18N4O. The van der Waals surface area contributed by atoms with Crippen molar-refractivity contribution in [2.45, 2.75) is 13.5 Å². The number of nitrogens with one attached hydrogen (secondary N) is 2. The Morgan fingerprint density at radius 3 is 2.79 bits per heavy atom. The summed E-state index contributed by atoms with van der Waals surface area (Å²) < 4.78 is 5.59. The van der Waals surface area contributed by atoms with Gasteiger partial charge in [-0.05, 0) is 30.7 Å². The third-order valence-electron chi connectivity index (χ3n) is 3.97. The highest BCUT2D eigenvalue weighted by Crippen LogP contribution is 2.30. The van der Waals surface area contributed by atoms with Gasteiger partial charge in [-0.3, -0.25) is 0 Å². The summed E-state index contributed by atoms with van der Waals surface area (Å²) in [5.41, 5.74) is 4.05. The largest absolute Gasteiger partial charge is 0.494 e. The Bertz CT molecular complexity index is 979. The van der Waals surface area contributed by atoms with Crippen molar-refractivity contribution >= 4 is 27.8 Å². The van der Waals surface area contributed by atoms with Gasteiger partial charge < -0.3 is 15.0 Å². The normalized spacial score (nSPS) is 11.0. The SMILES string of the molecule is CCOc1ccc2[nH]c3c(NCc4ccccc4)ncnc3c2c1. The molecule has 0 aliphatic heterocycles. The van der Waals surface area contributed by atoms with Crippen LogP contribution in [-0.4, -0.2) is 21.6 Å². The van der Waals surface area contributed by atoms with E-state index in [1.807, 2.05) is 43.3 Å². The molecule has 120 valence electrons. The Morgan fingerprint density at radius 1 is 1.08 bits per heavy atom. The van der Waals surface area contributed by atoms with Crippen LogP contribution >= 0.6 is 0 Å². The Hall–Kier alpha value is -3.08. The first-order valence-corrected chi connectivity index (χ1v) is 8.02. The number of H-pyrrole nitrogens is 1. The summed E-state index contributed by atoms with van der Waals surface area (Å²) in [7, 11) is 0. The van der Waals surface area contributed by atoms with Crippen molar-refractivity contribution in [3.63, 3.8) is 0 Å². The van der Waals surface area contributed by atoms with E-state index in [9.17, 15) is 0 Å². The number of benzene rings is 2. The average molecular weight is 318 g/mol. The summed E-state index contributed by atoms with van der Waals surface area (Å²) in [6.07, 6.45) is 1.59. The summed E-state index contributed by atoms with van der Waals surface area (Å²) in [4.78, 5) is 12.2. The smallest absolute Gasteiger partial charge is 0.154 e. The number of ether oxygens (including phenoxy) is 1. The van der Waals surface area contributed by atoms with Crippen LogP contribution in [0.25, 0.3) is 21.9 Å². The predicted molar refractivity (Wildman–Crippen MR) is 96.3 cm³/mol. The molecule has 0 bridgehead atoms. The fourth-order valence-corrected chi connectivity index (χ4v) is 2.84. The predicted octanol–water partition coefficient (Wildman–Crippen LogP) is 4.12. The lowest BCUT2D eigenvalue weighted by Gasteiger charge is -2.06. The van der Waals surface area contributed by atoms with E-state index in [0.29, 0.717) is 13.2 Å². The van der Waals surface area contributed by atoms with Crippen LogP contribution in [0, 0.1) is 0 Å². The number of fused-ring (bicyclic) bond motifs is 3. The standard InChI is InChI=1S/C19H18N4O/c1-2-24-14-8-9-16-15(10-14)17-18(23-16)19(22-12-21-17)20-11-13-6-4-3-5-7-13/h3-10,12,23H,2,11H2,1H3,(H,20,21,22). The third kappa shape index (κ3) is 2.65. The van der Waals surface area contributed by atoms with Crippen LogP contribution < -0.4 is 10.1 Å². The number of nitrogens with zero attached hydrogens (tertiary/aromatic N) is 2. The molecule has 0 saturated heterocycles. The minimum Gasteiger partial charge on any atom is -0.494 e. The number of rotatable bonds is 5. The first kappa shape index (κ1) is 14.5. The molecule has 0 spiro atoms. The van der Waals surface area contributed by atoms with Gasteiger partial charge in [0.2, 0.25) is 0 Å². The number of aromatic amines is 1. The molecule has 0 aliphatic rings. The highest BCUT2D eigenvalue weighted by molar-refractivity contribution is 6.08. The first-order chi connectivity index (χ1) is 11.8. The average Bonchev–Trinajstić information content (AvgIpc) is 3.00. The zero-order chi connectivity index (χ0) is 16.4. The molecule has 2 aromatic carbocycles. The fourth-order valence-electron chi connectivity index (χ4n) is 2.84. The van der Waals surface area contributed by atoms with Gasteiger partial charge in [0.05, 0.1) is 6.61 Å². The molecule has 24 heavy (non-hydrogen) atoms. The molecule has 4 rings (SSSR count). The lowest BCUT2D eigenvalue weighted by atomic mass is 10.2. The highest BCUT2D eigenvalue weighted by atomic mass is 16.5. The van der Waals surface area contributed by atoms with Gasteiger partial charge in [-0.25, -0.2) is 9.97 Å². The number of hydrogen-bond donors (Lipinski definition) is 2. The van der Waals surface area contributed by atoms with Crippen LogP contribution in [0.15, 0.2) is 54.9 Å². The van der Waals surface area contributed by atoms with Crippen molar-refractivity contribution in [3.05, 3.63) is 60.4 Å². The number of anilines is 1. The monoisotopic (exact) mass is 318 g/mol. The molecule has 0 aliphatic carbocycles. The second-order valence-electron chi connectivity index (χ2n) is 5.55. The van der Waals surface area contributed by atoms with Gasteiger partial charge in [-0.2, -0.15) is 0 Å². The Balaban J connectivity index is 1.72. The van der Waals surface area contributed by atoms with E-state index < -0.39 is 0 Å². The fraction of sp³-hybridized carbons (Fsp3) is 0.158. The Kier molecular flexibility index (Phi) is 3.75. The van der Waals surface area contributed by atoms with E-state index in [4.69, 9.17) is 4.74 Å². The molecule has 4 aromatic rings. The second-order valence-corrected chi connectivity index (χ2v) is 5.55. The Morgan fingerprint density at radius 2 is 1.96 bits per heavy atom. The van der Waals surface area contributed by atoms with Gasteiger partial charge in [0.15, 0.2) is 5.82 Å². The van der Waals surface area contributed by atoms with Crippen LogP contribution in [0.1, 0.15) is 12.5 Å². The van der Waals surface area contributed by atoms with Crippen LogP contribution in [0.5, 0.6) is 5.75 Å². The van der Waals surface area contributed by atoms with Gasteiger partial charge >= 0.3 is 0 Å². The summed E-state index contributed by atoms with van der Waals surface area (Å²) in [5, 5.41) is 4.43. The zero-order valence-corrected chi connectivity index (χ0v) is 13.4. The molecule has 0 amide bonds. The quantitative estimate of drug-likeness (QED) is 0.581. The maximum Gasteiger partial charge on any atom is 0.154 e. The van der Waals surface area contributed by atoms with E-state index in [2.05, 4.69) is 32.4 Å². The van der Waals surface area contributed by atoms with Crippen molar-refractivity contribution in [3.8, 4) is 5.75 Å². The maximum atomic E-state index is 5.59. The molecule has 2 aromatic heterocycles. The van der Waals surface area contributed by atoms with Crippen molar-refractivity contribution in [1.29, 1.82) is 0 Å². The summed E-state index contributed by atoms with van der Waals surface area (Å²) in [5.74, 6) is 1.65. The molecule has 0 saturated carbocycles. The van der Waals surface area contributed by atoms with Crippen LogP contribution in [0.4, 0.5) is 5.82 Å². The molecular weight excluding hydrogens is 300 g/mol. The minimum absolute atomic E-state index is 0.646. The van der Waals surface area contributed by atoms with Crippen LogP contribution in [0.2, 0.25) is 0 Å². The third-order valence-corrected chi connectivity index (χ3v) is 3.97. The molecule has 0 unspecified atom stereocenters. The number of aromatic nitrogens is 3. The minimum atomic E-state index is 0.646. The van der Waals surface area contributed by atoms with E-state index in [1.165, 1.54) is 5.56 Å². The van der Waals surface area contributed by atoms with Gasteiger partial charge in [0, 0.05) is 17.4 Å². The van der Waals surface area contributed by atoms with Crippen molar-refractivity contribution in [1.82, 2.24) is 15.0 Å². The van der Waals surface area contributed by atoms with E-state index in [-0.39, 0.29) is 0 Å². The van der Waals surface area contributed by atoms with Crippen molar-refractivity contribution in [2.24, 2.45) is 0 Å². The van der Waals surface area contributed by atoms with Gasteiger partial charge in [-0.1, -0.05) is 30.3 Å². The van der Waals surface area contributed by atoms with Crippen molar-refractivity contribution < 1.29 is 4.74 Å². The van der Waals surface area contributed by atoms with Gasteiger partial charge in [0.1, 0.15) is 23.1 Å². The first-order valence-electron chi connectivity index (χ1n) is 8.02. The highest BCUT2D eigenvalue weighted by Gasteiger charge is 2.11. The lowest BCUT2D eigenvalue weighted by molar-refractivity contribution is 0.341. The van der Waals surface area contributed by atoms with E-state index >= 15 is 0 Å².